The number of hydrogen-bond donors (Lipinski definition) is 0. The van der Waals surface area contributed by atoms with Gasteiger partial charge in [-0.25, -0.2) is 4.39 Å². The lowest BCUT2D eigenvalue weighted by Gasteiger charge is -2.28. The summed E-state index contributed by atoms with van der Waals surface area (Å²) in [6.07, 6.45) is 0. The van der Waals surface area contributed by atoms with Gasteiger partial charge >= 0.3 is 0 Å². The summed E-state index contributed by atoms with van der Waals surface area (Å²) in [6.45, 7) is 0. The van der Waals surface area contributed by atoms with Crippen LogP contribution in [0, 0.1) is 5.82 Å². The van der Waals surface area contributed by atoms with Gasteiger partial charge in [-0.3, -0.25) is 0 Å². The number of aromatic nitrogens is 2. The molecule has 0 atom stereocenters. The van der Waals surface area contributed by atoms with E-state index in [2.05, 4.69) is 154 Å². The number of hydrogen-bond acceptors (Lipinski definition) is 2. The van der Waals surface area contributed by atoms with Gasteiger partial charge in [-0.15, -0.1) is 0 Å². The Balaban J connectivity index is 1.29. The van der Waals surface area contributed by atoms with Crippen molar-refractivity contribution in [2.24, 2.45) is 0 Å². The summed E-state index contributed by atoms with van der Waals surface area (Å²) < 4.78 is 25.8. The molecule has 0 fully saturated rings. The highest BCUT2D eigenvalue weighted by Crippen LogP contribution is 2.48. The molecule has 4 nitrogen and oxygen atoms in total. The maximum atomic E-state index is 14.8. The van der Waals surface area contributed by atoms with Crippen molar-refractivity contribution in [2.75, 3.05) is 4.90 Å². The topological polar surface area (TPSA) is 26.2 Å². The van der Waals surface area contributed by atoms with Crippen LogP contribution in [0.5, 0.6) is 0 Å². The van der Waals surface area contributed by atoms with Crippen molar-refractivity contribution in [3.05, 3.63) is 188 Å². The highest BCUT2D eigenvalue weighted by atomic mass is 19.1. The van der Waals surface area contributed by atoms with Gasteiger partial charge in [-0.1, -0.05) is 97.1 Å². The van der Waals surface area contributed by atoms with Crippen LogP contribution in [-0.4, -0.2) is 9.13 Å². The number of benzene rings is 8. The van der Waals surface area contributed by atoms with Crippen LogP contribution >= 0.6 is 0 Å². The van der Waals surface area contributed by atoms with Crippen LogP contribution in [0.4, 0.5) is 21.5 Å². The molecule has 3 heterocycles. The molecule has 0 aliphatic rings. The Kier molecular flexibility index (Phi) is 6.40. The Bertz CT molecular complexity index is 3210. The van der Waals surface area contributed by atoms with Crippen LogP contribution in [0.15, 0.2) is 186 Å². The molecule has 5 heteroatoms. The molecule has 53 heavy (non-hydrogen) atoms. The number of fused-ring (bicyclic) bond motifs is 9. The standard InChI is InChI=1S/C48H30FN3O/c49-31-13-10-16-33(29-31)50-41-22-8-5-19-39(41)47-42(50)23-12-24-43(47)51(34-27-28-37-36-18-6-9-26-45(36)53-46(37)30-34)44-25-11-20-38-35-17-4-7-21-40(35)52(48(38)44)32-14-2-1-3-15-32/h1-30H. The first-order chi connectivity index (χ1) is 26.2. The predicted octanol–water partition coefficient (Wildman–Crippen LogP) is 13.4. The molecule has 11 aromatic rings. The number of halogens is 1. The number of nitrogens with zero attached hydrogens (tertiary/aromatic N) is 3. The molecule has 0 N–H and O–H groups in total. The minimum atomic E-state index is -0.272. The van der Waals surface area contributed by atoms with Crippen molar-refractivity contribution in [3.63, 3.8) is 0 Å². The summed E-state index contributed by atoms with van der Waals surface area (Å²) in [5.74, 6) is -0.272. The van der Waals surface area contributed by atoms with Crippen LogP contribution in [0.2, 0.25) is 0 Å². The highest BCUT2D eigenvalue weighted by Gasteiger charge is 2.25. The third-order valence-corrected chi connectivity index (χ3v) is 10.5. The first kappa shape index (κ1) is 29.6. The van der Waals surface area contributed by atoms with Crippen molar-refractivity contribution in [1.82, 2.24) is 9.13 Å². The zero-order chi connectivity index (χ0) is 35.0. The molecule has 0 aliphatic heterocycles. The van der Waals surface area contributed by atoms with Crippen molar-refractivity contribution in [3.8, 4) is 11.4 Å². The van der Waals surface area contributed by atoms with Crippen LogP contribution < -0.4 is 4.90 Å². The van der Waals surface area contributed by atoms with Gasteiger partial charge in [-0.05, 0) is 78.9 Å². The largest absolute Gasteiger partial charge is 0.456 e. The molecular formula is C48H30FN3O. The highest BCUT2D eigenvalue weighted by molar-refractivity contribution is 6.20. The van der Waals surface area contributed by atoms with E-state index in [-0.39, 0.29) is 5.82 Å². The molecule has 0 unspecified atom stereocenters. The second-order valence-corrected chi connectivity index (χ2v) is 13.5. The number of furan rings is 1. The first-order valence-electron chi connectivity index (χ1n) is 17.8. The predicted molar refractivity (Wildman–Crippen MR) is 217 cm³/mol. The van der Waals surface area contributed by atoms with Crippen LogP contribution in [0.25, 0.3) is 76.9 Å². The summed E-state index contributed by atoms with van der Waals surface area (Å²) in [5.41, 5.74) is 10.7. The van der Waals surface area contributed by atoms with E-state index >= 15 is 0 Å². The quantitative estimate of drug-likeness (QED) is 0.180. The van der Waals surface area contributed by atoms with E-state index in [9.17, 15) is 4.39 Å². The Morgan fingerprint density at radius 2 is 1.04 bits per heavy atom. The van der Waals surface area contributed by atoms with Gasteiger partial charge in [0.2, 0.25) is 0 Å². The van der Waals surface area contributed by atoms with Gasteiger partial charge in [0.1, 0.15) is 17.0 Å². The summed E-state index contributed by atoms with van der Waals surface area (Å²) >= 11 is 0. The van der Waals surface area contributed by atoms with E-state index in [4.69, 9.17) is 4.42 Å². The maximum Gasteiger partial charge on any atom is 0.137 e. The molecule has 0 bridgehead atoms. The summed E-state index contributed by atoms with van der Waals surface area (Å²) in [4.78, 5) is 2.37. The second kappa shape index (κ2) is 11.5. The molecule has 0 spiro atoms. The third kappa shape index (κ3) is 4.41. The van der Waals surface area contributed by atoms with Crippen molar-refractivity contribution in [2.45, 2.75) is 0 Å². The van der Waals surface area contributed by atoms with E-state index in [0.29, 0.717) is 0 Å². The summed E-state index contributed by atoms with van der Waals surface area (Å²) in [5, 5.41) is 6.64. The van der Waals surface area contributed by atoms with Crippen molar-refractivity contribution in [1.29, 1.82) is 0 Å². The minimum Gasteiger partial charge on any atom is -0.456 e. The minimum absolute atomic E-state index is 0.272. The smallest absolute Gasteiger partial charge is 0.137 e. The van der Waals surface area contributed by atoms with Gasteiger partial charge in [0.25, 0.3) is 0 Å². The number of para-hydroxylation sites is 5. The Hall–Kier alpha value is -7.11. The number of anilines is 3. The third-order valence-electron chi connectivity index (χ3n) is 10.5. The average molecular weight is 684 g/mol. The van der Waals surface area contributed by atoms with Gasteiger partial charge < -0.3 is 18.5 Å². The monoisotopic (exact) mass is 683 g/mol. The van der Waals surface area contributed by atoms with Crippen LogP contribution in [0.1, 0.15) is 0 Å². The molecule has 0 saturated heterocycles. The van der Waals surface area contributed by atoms with Gasteiger partial charge in [0, 0.05) is 55.4 Å². The molecule has 0 radical (unpaired) electrons. The normalized spacial score (nSPS) is 11.9. The van der Waals surface area contributed by atoms with Crippen molar-refractivity contribution < 1.29 is 8.81 Å². The van der Waals surface area contributed by atoms with E-state index in [0.717, 1.165) is 88.6 Å². The molecule has 0 saturated carbocycles. The SMILES string of the molecule is Fc1cccc(-n2c3ccccc3c3c(N(c4ccc5c(c4)oc4ccccc45)c4cccc5c6ccccc6n(-c6ccccc6)c45)cccc32)c1. The fourth-order valence-electron chi connectivity index (χ4n) is 8.37. The zero-order valence-electron chi connectivity index (χ0n) is 28.4. The van der Waals surface area contributed by atoms with Crippen LogP contribution in [0.3, 0.4) is 0 Å². The lowest BCUT2D eigenvalue weighted by Crippen LogP contribution is -2.12. The average Bonchev–Trinajstić information content (AvgIpc) is 3.86. The Labute approximate surface area is 303 Å². The molecule has 3 aromatic heterocycles. The fraction of sp³-hybridized carbons (Fsp3) is 0. The van der Waals surface area contributed by atoms with Gasteiger partial charge in [0.15, 0.2) is 0 Å². The molecule has 250 valence electrons. The summed E-state index contributed by atoms with van der Waals surface area (Å²) in [6, 6.07) is 62.2. The van der Waals surface area contributed by atoms with E-state index in [1.54, 1.807) is 12.1 Å². The summed E-state index contributed by atoms with van der Waals surface area (Å²) in [7, 11) is 0. The Morgan fingerprint density at radius 1 is 0.415 bits per heavy atom. The molecular weight excluding hydrogens is 654 g/mol. The zero-order valence-corrected chi connectivity index (χ0v) is 28.4. The molecule has 0 aliphatic carbocycles. The van der Waals surface area contributed by atoms with Crippen LogP contribution in [-0.2, 0) is 0 Å². The second-order valence-electron chi connectivity index (χ2n) is 13.5. The first-order valence-corrected chi connectivity index (χ1v) is 17.8. The number of rotatable bonds is 5. The lowest BCUT2D eigenvalue weighted by molar-refractivity contribution is 0.627. The Morgan fingerprint density at radius 3 is 1.89 bits per heavy atom. The van der Waals surface area contributed by atoms with Gasteiger partial charge in [-0.2, -0.15) is 0 Å². The van der Waals surface area contributed by atoms with Crippen molar-refractivity contribution >= 4 is 82.6 Å². The maximum absolute atomic E-state index is 14.8. The lowest BCUT2D eigenvalue weighted by atomic mass is 10.1. The molecule has 8 aromatic carbocycles. The molecule has 0 amide bonds. The van der Waals surface area contributed by atoms with E-state index in [1.807, 2.05) is 24.3 Å². The van der Waals surface area contributed by atoms with Gasteiger partial charge in [0.05, 0.1) is 33.4 Å². The molecule has 11 rings (SSSR count). The van der Waals surface area contributed by atoms with E-state index in [1.165, 1.54) is 11.5 Å². The fourth-order valence-corrected chi connectivity index (χ4v) is 8.37. The van der Waals surface area contributed by atoms with E-state index < -0.39 is 0 Å².